The summed E-state index contributed by atoms with van der Waals surface area (Å²) in [7, 11) is 0. The molecule has 116 valence electrons. The molecule has 0 aliphatic rings. The van der Waals surface area contributed by atoms with Crippen molar-refractivity contribution in [2.24, 2.45) is 0 Å². The van der Waals surface area contributed by atoms with Gasteiger partial charge in [-0.15, -0.1) is 11.3 Å². The monoisotopic (exact) mass is 322 g/mol. The van der Waals surface area contributed by atoms with Crippen molar-refractivity contribution >= 4 is 22.3 Å². The number of ketones is 1. The van der Waals surface area contributed by atoms with Gasteiger partial charge in [0.15, 0.2) is 10.9 Å². The molecule has 0 aliphatic carbocycles. The molecule has 0 amide bonds. The molecule has 2 aromatic carbocycles. The van der Waals surface area contributed by atoms with Gasteiger partial charge < -0.3 is 5.32 Å². The van der Waals surface area contributed by atoms with Crippen LogP contribution in [0.25, 0.3) is 0 Å². The minimum absolute atomic E-state index is 0.0885. The SMILES string of the molecule is Cc1cnc(NC(CC(=O)c2ccccc2)c2ccccc2)s1. The van der Waals surface area contributed by atoms with Crippen LogP contribution in [0.15, 0.2) is 66.9 Å². The van der Waals surface area contributed by atoms with Crippen molar-refractivity contribution < 1.29 is 4.79 Å². The number of hydrogen-bond acceptors (Lipinski definition) is 4. The van der Waals surface area contributed by atoms with Gasteiger partial charge in [-0.25, -0.2) is 4.98 Å². The van der Waals surface area contributed by atoms with Gasteiger partial charge in [0.2, 0.25) is 0 Å². The predicted molar refractivity (Wildman–Crippen MR) is 95.0 cm³/mol. The molecular weight excluding hydrogens is 304 g/mol. The molecule has 0 bridgehead atoms. The highest BCUT2D eigenvalue weighted by molar-refractivity contribution is 7.15. The van der Waals surface area contributed by atoms with Crippen LogP contribution < -0.4 is 5.32 Å². The van der Waals surface area contributed by atoms with Crippen LogP contribution in [0.3, 0.4) is 0 Å². The molecule has 1 aromatic heterocycles. The molecule has 1 atom stereocenters. The number of carbonyl (C=O) groups is 1. The van der Waals surface area contributed by atoms with Gasteiger partial charge in [0, 0.05) is 23.1 Å². The fraction of sp³-hybridized carbons (Fsp3) is 0.158. The van der Waals surface area contributed by atoms with Gasteiger partial charge in [-0.2, -0.15) is 0 Å². The van der Waals surface area contributed by atoms with Crippen LogP contribution in [0.5, 0.6) is 0 Å². The first-order chi connectivity index (χ1) is 11.2. The van der Waals surface area contributed by atoms with Crippen molar-refractivity contribution in [3.63, 3.8) is 0 Å². The Balaban J connectivity index is 1.82. The Kier molecular flexibility index (Phi) is 4.83. The highest BCUT2D eigenvalue weighted by Gasteiger charge is 2.18. The molecular formula is C19H18N2OS. The molecule has 1 N–H and O–H groups in total. The Hall–Kier alpha value is -2.46. The van der Waals surface area contributed by atoms with E-state index in [9.17, 15) is 4.79 Å². The molecule has 3 rings (SSSR count). The summed E-state index contributed by atoms with van der Waals surface area (Å²) in [5.41, 5.74) is 1.83. The Morgan fingerprint density at radius 3 is 2.35 bits per heavy atom. The molecule has 0 saturated carbocycles. The van der Waals surface area contributed by atoms with Crippen molar-refractivity contribution in [2.75, 3.05) is 5.32 Å². The minimum atomic E-state index is -0.0885. The first-order valence-electron chi connectivity index (χ1n) is 7.54. The highest BCUT2D eigenvalue weighted by Crippen LogP contribution is 2.26. The summed E-state index contributed by atoms with van der Waals surface area (Å²) in [4.78, 5) is 18.1. The fourth-order valence-corrected chi connectivity index (χ4v) is 3.15. The quantitative estimate of drug-likeness (QED) is 0.658. The Morgan fingerprint density at radius 1 is 1.09 bits per heavy atom. The van der Waals surface area contributed by atoms with Gasteiger partial charge in [-0.05, 0) is 12.5 Å². The molecule has 0 aliphatic heterocycles. The van der Waals surface area contributed by atoms with E-state index in [0.717, 1.165) is 21.1 Å². The second-order valence-electron chi connectivity index (χ2n) is 5.38. The number of thiazole rings is 1. The zero-order valence-electron chi connectivity index (χ0n) is 12.9. The van der Waals surface area contributed by atoms with Crippen LogP contribution in [-0.2, 0) is 0 Å². The third-order valence-corrected chi connectivity index (χ3v) is 4.45. The number of carbonyl (C=O) groups excluding carboxylic acids is 1. The highest BCUT2D eigenvalue weighted by atomic mass is 32.1. The topological polar surface area (TPSA) is 42.0 Å². The average Bonchev–Trinajstić information content (AvgIpc) is 3.01. The maximum Gasteiger partial charge on any atom is 0.183 e. The summed E-state index contributed by atoms with van der Waals surface area (Å²) in [5.74, 6) is 0.125. The van der Waals surface area contributed by atoms with E-state index in [-0.39, 0.29) is 11.8 Å². The van der Waals surface area contributed by atoms with Gasteiger partial charge in [-0.3, -0.25) is 4.79 Å². The Bertz CT molecular complexity index is 768. The Morgan fingerprint density at radius 2 is 1.74 bits per heavy atom. The molecule has 4 heteroatoms. The van der Waals surface area contributed by atoms with Crippen molar-refractivity contribution in [3.8, 4) is 0 Å². The minimum Gasteiger partial charge on any atom is -0.354 e. The van der Waals surface area contributed by atoms with Gasteiger partial charge in [-0.1, -0.05) is 60.7 Å². The predicted octanol–water partition coefficient (Wildman–Crippen LogP) is 4.88. The molecule has 3 nitrogen and oxygen atoms in total. The first-order valence-corrected chi connectivity index (χ1v) is 8.36. The number of nitrogens with one attached hydrogen (secondary N) is 1. The average molecular weight is 322 g/mol. The summed E-state index contributed by atoms with van der Waals surface area (Å²) in [6, 6.07) is 19.4. The zero-order valence-corrected chi connectivity index (χ0v) is 13.7. The smallest absolute Gasteiger partial charge is 0.183 e. The zero-order chi connectivity index (χ0) is 16.1. The molecule has 1 unspecified atom stereocenters. The first kappa shape index (κ1) is 15.4. The molecule has 23 heavy (non-hydrogen) atoms. The van der Waals surface area contributed by atoms with Gasteiger partial charge in [0.05, 0.1) is 6.04 Å². The molecule has 3 aromatic rings. The number of benzene rings is 2. The second-order valence-corrected chi connectivity index (χ2v) is 6.61. The van der Waals surface area contributed by atoms with Crippen LogP contribution in [0.2, 0.25) is 0 Å². The number of Topliss-reactive ketones (excluding diaryl/α,β-unsaturated/α-hetero) is 1. The lowest BCUT2D eigenvalue weighted by Gasteiger charge is -2.18. The molecule has 0 fully saturated rings. The summed E-state index contributed by atoms with van der Waals surface area (Å²) >= 11 is 1.60. The molecule has 1 heterocycles. The lowest BCUT2D eigenvalue weighted by atomic mass is 9.98. The largest absolute Gasteiger partial charge is 0.354 e. The van der Waals surface area contributed by atoms with Crippen LogP contribution in [0, 0.1) is 6.92 Å². The third kappa shape index (κ3) is 4.05. The molecule has 0 saturated heterocycles. The standard InChI is InChI=1S/C19H18N2OS/c1-14-13-20-19(23-14)21-17(15-8-4-2-5-9-15)12-18(22)16-10-6-3-7-11-16/h2-11,13,17H,12H2,1H3,(H,20,21). The summed E-state index contributed by atoms with van der Waals surface area (Å²) in [6.07, 6.45) is 2.24. The van der Waals surface area contributed by atoms with Gasteiger partial charge in [0.1, 0.15) is 0 Å². The number of anilines is 1. The van der Waals surface area contributed by atoms with Gasteiger partial charge in [0.25, 0.3) is 0 Å². The van der Waals surface area contributed by atoms with Crippen molar-refractivity contribution in [1.29, 1.82) is 0 Å². The van der Waals surface area contributed by atoms with Crippen molar-refractivity contribution in [2.45, 2.75) is 19.4 Å². The van der Waals surface area contributed by atoms with Crippen LogP contribution in [0.4, 0.5) is 5.13 Å². The van der Waals surface area contributed by atoms with E-state index in [2.05, 4.69) is 10.3 Å². The van der Waals surface area contributed by atoms with E-state index in [1.54, 1.807) is 11.3 Å². The van der Waals surface area contributed by atoms with E-state index < -0.39 is 0 Å². The maximum absolute atomic E-state index is 12.6. The normalized spacial score (nSPS) is 11.9. The lowest BCUT2D eigenvalue weighted by Crippen LogP contribution is -2.15. The second kappa shape index (κ2) is 7.20. The van der Waals surface area contributed by atoms with E-state index in [1.807, 2.05) is 73.8 Å². The maximum atomic E-state index is 12.6. The molecule has 0 spiro atoms. The van der Waals surface area contributed by atoms with E-state index in [0.29, 0.717) is 6.42 Å². The van der Waals surface area contributed by atoms with Crippen LogP contribution in [0.1, 0.15) is 33.3 Å². The van der Waals surface area contributed by atoms with Crippen LogP contribution in [-0.4, -0.2) is 10.8 Å². The van der Waals surface area contributed by atoms with Gasteiger partial charge >= 0.3 is 0 Å². The van der Waals surface area contributed by atoms with Crippen molar-refractivity contribution in [1.82, 2.24) is 4.98 Å². The fourth-order valence-electron chi connectivity index (χ4n) is 2.44. The lowest BCUT2D eigenvalue weighted by molar-refractivity contribution is 0.0976. The number of rotatable bonds is 6. The number of nitrogens with zero attached hydrogens (tertiary/aromatic N) is 1. The summed E-state index contributed by atoms with van der Waals surface area (Å²) < 4.78 is 0. The van der Waals surface area contributed by atoms with Crippen LogP contribution >= 0.6 is 11.3 Å². The summed E-state index contributed by atoms with van der Waals surface area (Å²) in [6.45, 7) is 2.02. The third-order valence-electron chi connectivity index (χ3n) is 3.61. The number of hydrogen-bond donors (Lipinski definition) is 1. The van der Waals surface area contributed by atoms with E-state index in [1.165, 1.54) is 0 Å². The summed E-state index contributed by atoms with van der Waals surface area (Å²) in [5, 5.41) is 4.25. The number of aryl methyl sites for hydroxylation is 1. The number of aromatic nitrogens is 1. The molecule has 0 radical (unpaired) electrons. The Labute approximate surface area is 140 Å². The van der Waals surface area contributed by atoms with E-state index in [4.69, 9.17) is 0 Å². The van der Waals surface area contributed by atoms with E-state index >= 15 is 0 Å². The van der Waals surface area contributed by atoms with Crippen molar-refractivity contribution in [3.05, 3.63) is 82.9 Å².